The zero-order valence-corrected chi connectivity index (χ0v) is 16.4. The summed E-state index contributed by atoms with van der Waals surface area (Å²) in [7, 11) is 0. The fourth-order valence-electron chi connectivity index (χ4n) is 3.07. The first-order valence-electron chi connectivity index (χ1n) is 8.89. The van der Waals surface area contributed by atoms with Crippen molar-refractivity contribution in [3.63, 3.8) is 0 Å². The normalized spacial score (nSPS) is 13.5. The molecule has 1 amide bonds. The molecule has 4 nitrogen and oxygen atoms in total. The molecule has 2 rings (SSSR count). The molecule has 13 heteroatoms. The molecule has 0 heterocycles. The number of carbonyl (C=O) groups is 2. The van der Waals surface area contributed by atoms with Crippen LogP contribution in [0, 0.1) is 0 Å². The molecule has 0 aliphatic heterocycles. The van der Waals surface area contributed by atoms with Gasteiger partial charge in [0.05, 0.1) is 22.7 Å². The Morgan fingerprint density at radius 1 is 0.879 bits per heavy atom. The highest BCUT2D eigenvalue weighted by Gasteiger charge is 2.38. The lowest BCUT2D eigenvalue weighted by Crippen LogP contribution is -2.32. The van der Waals surface area contributed by atoms with Gasteiger partial charge in [0, 0.05) is 12.1 Å². The van der Waals surface area contributed by atoms with E-state index in [1.165, 1.54) is 0 Å². The molecular weight excluding hydrogens is 473 g/mol. The maximum absolute atomic E-state index is 13.1. The summed E-state index contributed by atoms with van der Waals surface area (Å²) in [5.41, 5.74) is -6.05. The van der Waals surface area contributed by atoms with Gasteiger partial charge >= 0.3 is 24.6 Å². The van der Waals surface area contributed by atoms with E-state index in [4.69, 9.17) is 0 Å². The third kappa shape index (κ3) is 6.17. The molecule has 0 saturated heterocycles. The fourth-order valence-corrected chi connectivity index (χ4v) is 3.07. The highest BCUT2D eigenvalue weighted by Crippen LogP contribution is 2.38. The Morgan fingerprint density at radius 2 is 1.36 bits per heavy atom. The van der Waals surface area contributed by atoms with Gasteiger partial charge in [-0.25, -0.2) is 4.79 Å². The number of carbonyl (C=O) groups excluding carboxylic acids is 1. The molecule has 2 aromatic rings. The lowest BCUT2D eigenvalue weighted by molar-refractivity contribution is -0.143. The molecule has 0 spiro atoms. The lowest BCUT2D eigenvalue weighted by atomic mass is 9.97. The minimum absolute atomic E-state index is 0.144. The number of rotatable bonds is 5. The maximum Gasteiger partial charge on any atom is 0.416 e. The smallest absolute Gasteiger partial charge is 0.416 e. The number of hydrogen-bond donors (Lipinski definition) is 1. The Bertz CT molecular complexity index is 1010. The second kappa shape index (κ2) is 8.94. The van der Waals surface area contributed by atoms with Gasteiger partial charge in [0.25, 0.3) is 0 Å². The predicted octanol–water partition coefficient (Wildman–Crippen LogP) is 6.80. The summed E-state index contributed by atoms with van der Waals surface area (Å²) in [5, 5.41) is 9.49. The van der Waals surface area contributed by atoms with E-state index < -0.39 is 65.0 Å². The minimum Gasteiger partial charge on any atom is -0.465 e. The second-order valence-electron chi connectivity index (χ2n) is 6.96. The zero-order chi connectivity index (χ0) is 25.4. The highest BCUT2D eigenvalue weighted by molar-refractivity contribution is 5.78. The van der Waals surface area contributed by atoms with E-state index in [1.807, 2.05) is 0 Å². The van der Waals surface area contributed by atoms with Gasteiger partial charge in [0.1, 0.15) is 6.29 Å². The number of alkyl halides is 9. The number of amides is 1. The standard InChI is InChI=1S/C20H14F9NO3/c1-10(16-7-13(18(21,22)23)3-2-12(16)9-31)30(17(32)33)8-11-4-14(19(24,25)26)6-15(5-11)20(27,28)29/h2-7,9-10H,8H2,1H3,(H,32,33). The molecule has 180 valence electrons. The monoisotopic (exact) mass is 487 g/mol. The number of nitrogens with zero attached hydrogens (tertiary/aromatic N) is 1. The second-order valence-corrected chi connectivity index (χ2v) is 6.96. The van der Waals surface area contributed by atoms with E-state index in [9.17, 15) is 54.2 Å². The Labute approximate surface area is 180 Å². The van der Waals surface area contributed by atoms with Crippen molar-refractivity contribution >= 4 is 12.4 Å². The third-order valence-corrected chi connectivity index (χ3v) is 4.70. The van der Waals surface area contributed by atoms with Crippen molar-refractivity contribution in [2.45, 2.75) is 38.0 Å². The molecule has 0 aromatic heterocycles. The van der Waals surface area contributed by atoms with Crippen molar-refractivity contribution < 1.29 is 54.2 Å². The van der Waals surface area contributed by atoms with Crippen molar-refractivity contribution in [3.05, 3.63) is 69.8 Å². The van der Waals surface area contributed by atoms with Crippen molar-refractivity contribution in [2.24, 2.45) is 0 Å². The summed E-state index contributed by atoms with van der Waals surface area (Å²) in [4.78, 5) is 23.3. The van der Waals surface area contributed by atoms with Crippen LogP contribution in [0.3, 0.4) is 0 Å². The highest BCUT2D eigenvalue weighted by atomic mass is 19.4. The van der Waals surface area contributed by atoms with E-state index in [1.54, 1.807) is 0 Å². The molecule has 1 atom stereocenters. The van der Waals surface area contributed by atoms with Gasteiger partial charge in [-0.2, -0.15) is 39.5 Å². The number of benzene rings is 2. The first-order chi connectivity index (χ1) is 14.9. The molecule has 0 radical (unpaired) electrons. The average molecular weight is 487 g/mol. The number of hydrogen-bond acceptors (Lipinski definition) is 2. The van der Waals surface area contributed by atoms with Gasteiger partial charge in [-0.15, -0.1) is 0 Å². The van der Waals surface area contributed by atoms with Crippen LogP contribution in [-0.4, -0.2) is 22.4 Å². The Morgan fingerprint density at radius 3 is 1.76 bits per heavy atom. The molecule has 2 aromatic carbocycles. The van der Waals surface area contributed by atoms with Gasteiger partial charge in [0.15, 0.2) is 0 Å². The number of carboxylic acid groups (broad SMARTS) is 1. The molecule has 0 aliphatic rings. The summed E-state index contributed by atoms with van der Waals surface area (Å²) in [6.45, 7) is 0.0208. The van der Waals surface area contributed by atoms with Gasteiger partial charge in [-0.3, -0.25) is 9.69 Å². The van der Waals surface area contributed by atoms with Crippen LogP contribution in [0.4, 0.5) is 44.3 Å². The fraction of sp³-hybridized carbons (Fsp3) is 0.300. The Balaban J connectivity index is 2.57. The molecular formula is C20H14F9NO3. The summed E-state index contributed by atoms with van der Waals surface area (Å²) >= 11 is 0. The van der Waals surface area contributed by atoms with Gasteiger partial charge in [-0.05, 0) is 48.4 Å². The zero-order valence-electron chi connectivity index (χ0n) is 16.4. The third-order valence-electron chi connectivity index (χ3n) is 4.70. The van der Waals surface area contributed by atoms with Crippen molar-refractivity contribution in [1.29, 1.82) is 0 Å². The SMILES string of the molecule is CC(c1cc(C(F)(F)F)ccc1C=O)N(Cc1cc(C(F)(F)F)cc(C(F)(F)F)c1)C(=O)O. The summed E-state index contributed by atoms with van der Waals surface area (Å²) in [5.74, 6) is 0. The maximum atomic E-state index is 13.1. The summed E-state index contributed by atoms with van der Waals surface area (Å²) < 4.78 is 118. The molecule has 0 aliphatic carbocycles. The molecule has 0 bridgehead atoms. The molecule has 33 heavy (non-hydrogen) atoms. The van der Waals surface area contributed by atoms with E-state index in [2.05, 4.69) is 0 Å². The number of halogens is 9. The van der Waals surface area contributed by atoms with Crippen LogP contribution >= 0.6 is 0 Å². The van der Waals surface area contributed by atoms with Crippen molar-refractivity contribution in [2.75, 3.05) is 0 Å². The molecule has 0 saturated carbocycles. The van der Waals surface area contributed by atoms with Gasteiger partial charge in [0.2, 0.25) is 0 Å². The van der Waals surface area contributed by atoms with Crippen molar-refractivity contribution in [3.8, 4) is 0 Å². The topological polar surface area (TPSA) is 57.6 Å². The van der Waals surface area contributed by atoms with Crippen LogP contribution in [0.15, 0.2) is 36.4 Å². The van der Waals surface area contributed by atoms with Gasteiger partial charge < -0.3 is 5.11 Å². The van der Waals surface area contributed by atoms with Crippen LogP contribution in [-0.2, 0) is 25.1 Å². The largest absolute Gasteiger partial charge is 0.465 e. The van der Waals surface area contributed by atoms with Crippen LogP contribution in [0.1, 0.15) is 51.1 Å². The lowest BCUT2D eigenvalue weighted by Gasteiger charge is -2.29. The average Bonchev–Trinajstić information content (AvgIpc) is 2.68. The quantitative estimate of drug-likeness (QED) is 0.373. The molecule has 1 unspecified atom stereocenters. The number of aldehydes is 1. The Hall–Kier alpha value is -3.25. The first-order valence-corrected chi connectivity index (χ1v) is 8.89. The minimum atomic E-state index is -5.18. The Kier molecular flexibility index (Phi) is 7.05. The van der Waals surface area contributed by atoms with E-state index in [-0.39, 0.29) is 17.9 Å². The van der Waals surface area contributed by atoms with Crippen LogP contribution in [0.25, 0.3) is 0 Å². The van der Waals surface area contributed by atoms with E-state index in [0.717, 1.165) is 13.0 Å². The van der Waals surface area contributed by atoms with Gasteiger partial charge in [-0.1, -0.05) is 6.07 Å². The summed E-state index contributed by atoms with van der Waals surface area (Å²) in [6.07, 6.45) is -16.9. The van der Waals surface area contributed by atoms with Crippen LogP contribution in [0.2, 0.25) is 0 Å². The molecule has 0 fully saturated rings. The van der Waals surface area contributed by atoms with E-state index in [0.29, 0.717) is 29.2 Å². The van der Waals surface area contributed by atoms with Crippen LogP contribution in [0.5, 0.6) is 0 Å². The summed E-state index contributed by atoms with van der Waals surface area (Å²) in [6, 6.07) is 0.803. The first kappa shape index (κ1) is 26.0. The predicted molar refractivity (Wildman–Crippen MR) is 95.3 cm³/mol. The molecule has 1 N–H and O–H groups in total. The van der Waals surface area contributed by atoms with E-state index >= 15 is 0 Å². The van der Waals surface area contributed by atoms with Crippen LogP contribution < -0.4 is 0 Å². The van der Waals surface area contributed by atoms with Crippen molar-refractivity contribution in [1.82, 2.24) is 4.90 Å².